The highest BCUT2D eigenvalue weighted by atomic mass is 35.5. The zero-order valence-corrected chi connectivity index (χ0v) is 24.8. The average Bonchev–Trinajstić information content (AvgIpc) is 3.43. The molecule has 1 aromatic carbocycles. The lowest BCUT2D eigenvalue weighted by Crippen LogP contribution is -2.54. The van der Waals surface area contributed by atoms with Crippen LogP contribution in [-0.4, -0.2) is 92.3 Å². The highest BCUT2D eigenvalue weighted by Crippen LogP contribution is 2.41. The van der Waals surface area contributed by atoms with Crippen LogP contribution in [0.25, 0.3) is 11.3 Å². The summed E-state index contributed by atoms with van der Waals surface area (Å²) in [6.45, 7) is 3.17. The van der Waals surface area contributed by atoms with Gasteiger partial charge < -0.3 is 30.3 Å². The van der Waals surface area contributed by atoms with E-state index in [4.69, 9.17) is 18.0 Å². The number of benzene rings is 1. The minimum Gasteiger partial charge on any atom is -0.335 e. The second kappa shape index (κ2) is 11.8. The number of aromatic nitrogens is 4. The largest absolute Gasteiger partial charge is 0.435 e. The van der Waals surface area contributed by atoms with E-state index in [1.54, 1.807) is 9.80 Å². The van der Waals surface area contributed by atoms with Gasteiger partial charge in [0, 0.05) is 64.2 Å². The van der Waals surface area contributed by atoms with Crippen LogP contribution in [0.1, 0.15) is 26.7 Å². The van der Waals surface area contributed by atoms with Crippen molar-refractivity contribution in [2.75, 3.05) is 44.6 Å². The van der Waals surface area contributed by atoms with Gasteiger partial charge in [-0.15, -0.1) is 6.42 Å². The van der Waals surface area contributed by atoms with E-state index < -0.39 is 17.8 Å². The minimum absolute atomic E-state index is 0.0136. The van der Waals surface area contributed by atoms with Crippen LogP contribution in [0.5, 0.6) is 0 Å². The number of piperazine rings is 1. The third-order valence-corrected chi connectivity index (χ3v) is 8.76. The van der Waals surface area contributed by atoms with Gasteiger partial charge in [0.1, 0.15) is 6.54 Å². The Morgan fingerprint density at radius 3 is 2.47 bits per heavy atom. The third kappa shape index (κ3) is 5.95. The van der Waals surface area contributed by atoms with E-state index in [0.29, 0.717) is 38.0 Å². The number of urea groups is 1. The van der Waals surface area contributed by atoms with Crippen molar-refractivity contribution in [3.63, 3.8) is 0 Å². The molecule has 2 aromatic heterocycles. The normalized spacial score (nSPS) is 20.8. The Hall–Kier alpha value is -4.55. The number of terminal acetylenes is 1. The highest BCUT2D eigenvalue weighted by Gasteiger charge is 2.54. The molecule has 3 N–H and O–H groups in total. The van der Waals surface area contributed by atoms with Gasteiger partial charge in [0.25, 0.3) is 11.8 Å². The van der Waals surface area contributed by atoms with Crippen LogP contribution < -0.4 is 16.0 Å². The molecule has 2 saturated heterocycles. The van der Waals surface area contributed by atoms with E-state index in [9.17, 15) is 27.6 Å². The van der Waals surface area contributed by atoms with E-state index in [-0.39, 0.29) is 57.9 Å². The molecule has 0 bridgehead atoms. The summed E-state index contributed by atoms with van der Waals surface area (Å²) in [6, 6.07) is 4.50. The topological polar surface area (TPSA) is 129 Å². The van der Waals surface area contributed by atoms with Crippen LogP contribution in [-0.2, 0) is 19.8 Å². The Kier molecular flexibility index (Phi) is 7.96. The summed E-state index contributed by atoms with van der Waals surface area (Å²) in [5, 5.41) is 12.7. The molecule has 4 heterocycles. The van der Waals surface area contributed by atoms with E-state index in [1.807, 2.05) is 0 Å². The number of nitrogens with zero attached hydrogens (tertiary/aromatic N) is 6. The first kappa shape index (κ1) is 30.5. The number of imidazole rings is 1. The number of rotatable bonds is 6. The Morgan fingerprint density at radius 1 is 1.13 bits per heavy atom. The Bertz CT molecular complexity index is 1690. The molecule has 3 aromatic rings. The summed E-state index contributed by atoms with van der Waals surface area (Å²) < 4.78 is 43.2. The minimum atomic E-state index is -4.76. The lowest BCUT2D eigenvalue weighted by molar-refractivity contribution is -0.141. The van der Waals surface area contributed by atoms with Crippen LogP contribution in [0, 0.1) is 24.2 Å². The predicted octanol–water partition coefficient (Wildman–Crippen LogP) is 2.53. The first-order valence-electron chi connectivity index (χ1n) is 14.2. The fourth-order valence-electron chi connectivity index (χ4n) is 5.97. The number of fused-ring (bicyclic) bond motifs is 1. The van der Waals surface area contributed by atoms with Gasteiger partial charge >= 0.3 is 12.2 Å². The smallest absolute Gasteiger partial charge is 0.335 e. The number of hydrogen-bond donors (Lipinski definition) is 3. The van der Waals surface area contributed by atoms with Gasteiger partial charge in [-0.2, -0.15) is 18.3 Å². The molecule has 236 valence electrons. The van der Waals surface area contributed by atoms with Gasteiger partial charge in [-0.3, -0.25) is 14.3 Å². The maximum absolute atomic E-state index is 13.7. The molecule has 1 saturated carbocycles. The number of halogens is 4. The number of nitrogens with one attached hydrogen (secondary N) is 3. The number of carbonyl (C=O) groups is 3. The molecule has 12 nitrogen and oxygen atoms in total. The second-order valence-electron chi connectivity index (χ2n) is 11.2. The third-order valence-electron chi connectivity index (χ3n) is 8.44. The summed E-state index contributed by atoms with van der Waals surface area (Å²) in [6.07, 6.45) is 2.77. The van der Waals surface area contributed by atoms with Gasteiger partial charge in [0.15, 0.2) is 11.5 Å². The fourth-order valence-corrected chi connectivity index (χ4v) is 6.23. The highest BCUT2D eigenvalue weighted by molar-refractivity contribution is 6.34. The van der Waals surface area contributed by atoms with Gasteiger partial charge in [-0.25, -0.2) is 9.78 Å². The van der Waals surface area contributed by atoms with Gasteiger partial charge in [0.2, 0.25) is 0 Å². The molecule has 45 heavy (non-hydrogen) atoms. The first-order chi connectivity index (χ1) is 21.5. The monoisotopic (exact) mass is 643 g/mol. The molecule has 0 unspecified atom stereocenters. The van der Waals surface area contributed by atoms with Crippen LogP contribution in [0.15, 0.2) is 30.6 Å². The standard InChI is InChI=1S/C29H29ClF3N9O3/c1-3-6-42-15-20(24(38-42)29(31,32)33)22-14-35-25(39(22)2)26(43)36-16-4-5-17(21(30)11-16)27(44)40-7-9-41(10-8-40)28(45)37-23-18-12-34-13-19(18)23/h1,4-5,11,14-15,18-19,23,34H,6-10,12-13H2,2H3,(H,36,43)(H,37,45)/t18-,19+,23+. The lowest BCUT2D eigenvalue weighted by atomic mass is 10.1. The lowest BCUT2D eigenvalue weighted by Gasteiger charge is -2.35. The Morgan fingerprint density at radius 2 is 1.82 bits per heavy atom. The molecule has 0 spiro atoms. The quantitative estimate of drug-likeness (QED) is 0.354. The zero-order valence-electron chi connectivity index (χ0n) is 24.1. The number of carbonyl (C=O) groups excluding carboxylic acids is 3. The van der Waals surface area contributed by atoms with Crippen molar-refractivity contribution in [3.8, 4) is 23.6 Å². The molecule has 0 radical (unpaired) electrons. The van der Waals surface area contributed by atoms with Crippen molar-refractivity contribution in [1.82, 2.24) is 39.8 Å². The maximum atomic E-state index is 13.7. The average molecular weight is 644 g/mol. The molecule has 3 atom stereocenters. The van der Waals surface area contributed by atoms with Crippen molar-refractivity contribution in [3.05, 3.63) is 52.7 Å². The summed E-state index contributed by atoms with van der Waals surface area (Å²) in [7, 11) is 1.41. The number of anilines is 1. The SMILES string of the molecule is C#CCn1cc(-c2cnc(C(=O)Nc3ccc(C(=O)N4CCN(C(=O)N[C@H]5[C@@H]6CNC[C@@H]65)CC4)c(Cl)c3)n2C)c(C(F)(F)F)n1. The first-order valence-corrected chi connectivity index (χ1v) is 14.6. The fraction of sp³-hybridized carbons (Fsp3) is 0.414. The number of amides is 4. The molecule has 3 fully saturated rings. The van der Waals surface area contributed by atoms with Crippen LogP contribution in [0.2, 0.25) is 5.02 Å². The summed E-state index contributed by atoms with van der Waals surface area (Å²) in [5.41, 5.74) is -0.927. The van der Waals surface area contributed by atoms with E-state index in [0.717, 1.165) is 30.2 Å². The van der Waals surface area contributed by atoms with E-state index in [1.165, 1.54) is 29.8 Å². The molecule has 4 amide bonds. The Balaban J connectivity index is 1.08. The van der Waals surface area contributed by atoms with Crippen molar-refractivity contribution < 1.29 is 27.6 Å². The number of piperidine rings is 1. The van der Waals surface area contributed by atoms with Crippen LogP contribution >= 0.6 is 11.6 Å². The van der Waals surface area contributed by atoms with Crippen LogP contribution in [0.4, 0.5) is 23.7 Å². The number of alkyl halides is 3. The van der Waals surface area contributed by atoms with E-state index >= 15 is 0 Å². The zero-order chi connectivity index (χ0) is 32.0. The molecular formula is C29H29ClF3N9O3. The summed E-state index contributed by atoms with van der Waals surface area (Å²) in [4.78, 5) is 46.3. The van der Waals surface area contributed by atoms with E-state index in [2.05, 4.69) is 32.0 Å². The molecule has 16 heteroatoms. The summed E-state index contributed by atoms with van der Waals surface area (Å²) in [5.74, 6) is 2.08. The molecule has 6 rings (SSSR count). The molecule has 2 aliphatic heterocycles. The van der Waals surface area contributed by atoms with Crippen molar-refractivity contribution in [2.24, 2.45) is 18.9 Å². The molecular weight excluding hydrogens is 615 g/mol. The summed E-state index contributed by atoms with van der Waals surface area (Å²) >= 11 is 6.44. The van der Waals surface area contributed by atoms with Crippen molar-refractivity contribution in [1.29, 1.82) is 0 Å². The van der Waals surface area contributed by atoms with Gasteiger partial charge in [-0.05, 0) is 30.0 Å². The predicted molar refractivity (Wildman–Crippen MR) is 157 cm³/mol. The molecule has 1 aliphatic carbocycles. The molecule has 3 aliphatic rings. The van der Waals surface area contributed by atoms with Crippen LogP contribution in [0.3, 0.4) is 0 Å². The second-order valence-corrected chi connectivity index (χ2v) is 11.6. The van der Waals surface area contributed by atoms with Crippen molar-refractivity contribution in [2.45, 2.75) is 18.8 Å². The van der Waals surface area contributed by atoms with Gasteiger partial charge in [0.05, 0.1) is 28.0 Å². The maximum Gasteiger partial charge on any atom is 0.435 e. The van der Waals surface area contributed by atoms with Crippen molar-refractivity contribution >= 4 is 35.1 Å². The number of hydrogen-bond acceptors (Lipinski definition) is 6. The Labute approximate surface area is 260 Å². The van der Waals surface area contributed by atoms with Gasteiger partial charge in [-0.1, -0.05) is 17.5 Å².